The number of rotatable bonds is 9. The van der Waals surface area contributed by atoms with E-state index in [-0.39, 0.29) is 35.3 Å². The Hall–Kier alpha value is -2.33. The molecule has 32 heavy (non-hydrogen) atoms. The fraction of sp³-hybridized carbons (Fsp3) is 0.720. The van der Waals surface area contributed by atoms with Crippen LogP contribution in [0.2, 0.25) is 0 Å². The largest absolute Gasteiger partial charge is 0.478 e. The molecular formula is C25H41N3O4. The van der Waals surface area contributed by atoms with Crippen molar-refractivity contribution < 1.29 is 19.5 Å². The van der Waals surface area contributed by atoms with E-state index in [1.807, 2.05) is 46.4 Å². The van der Waals surface area contributed by atoms with Crippen LogP contribution in [0.4, 0.5) is 0 Å². The standard InChI is InChI=1S/C25H41N3O4/c1-10-25(7,8)28-14-12-11-13-19(28)22(29)26-21(17(4)5)23(30)27(9)20(16(2)3)15-18(6)24(31)32/h1,15-17,19-21H,11-14H2,2-9H3,(H,26,29)(H,31,32)/b18-15+/t19-,20-,21+/m1/s1. The molecule has 2 amide bonds. The third-order valence-corrected chi connectivity index (χ3v) is 6.34. The van der Waals surface area contributed by atoms with Gasteiger partial charge in [-0.15, -0.1) is 6.42 Å². The van der Waals surface area contributed by atoms with Crippen LogP contribution in [0.1, 0.15) is 67.7 Å². The van der Waals surface area contributed by atoms with Gasteiger partial charge in [0.25, 0.3) is 0 Å². The Morgan fingerprint density at radius 2 is 1.78 bits per heavy atom. The number of aliphatic carboxylic acids is 1. The van der Waals surface area contributed by atoms with Crippen LogP contribution in [0.3, 0.4) is 0 Å². The predicted molar refractivity (Wildman–Crippen MR) is 127 cm³/mol. The van der Waals surface area contributed by atoms with Gasteiger partial charge < -0.3 is 15.3 Å². The lowest BCUT2D eigenvalue weighted by Crippen LogP contribution is -2.61. The summed E-state index contributed by atoms with van der Waals surface area (Å²) in [6, 6.07) is -1.50. The van der Waals surface area contributed by atoms with E-state index in [1.54, 1.807) is 18.0 Å². The zero-order valence-corrected chi connectivity index (χ0v) is 20.9. The molecule has 180 valence electrons. The first-order valence-corrected chi connectivity index (χ1v) is 11.5. The molecule has 1 rings (SSSR count). The van der Waals surface area contributed by atoms with Crippen LogP contribution in [0.5, 0.6) is 0 Å². The Kier molecular flexibility index (Phi) is 9.96. The molecule has 0 radical (unpaired) electrons. The summed E-state index contributed by atoms with van der Waals surface area (Å²) in [7, 11) is 1.66. The zero-order valence-electron chi connectivity index (χ0n) is 20.9. The molecule has 7 heteroatoms. The highest BCUT2D eigenvalue weighted by atomic mass is 16.4. The van der Waals surface area contributed by atoms with Crippen molar-refractivity contribution in [3.8, 4) is 12.3 Å². The van der Waals surface area contributed by atoms with Gasteiger partial charge in [-0.05, 0) is 45.4 Å². The highest BCUT2D eigenvalue weighted by molar-refractivity contribution is 5.90. The van der Waals surface area contributed by atoms with Crippen LogP contribution >= 0.6 is 0 Å². The fourth-order valence-electron chi connectivity index (χ4n) is 4.16. The zero-order chi connectivity index (χ0) is 24.8. The van der Waals surface area contributed by atoms with Crippen molar-refractivity contribution in [1.82, 2.24) is 15.1 Å². The van der Waals surface area contributed by atoms with Gasteiger partial charge in [0.2, 0.25) is 11.8 Å². The molecule has 1 fully saturated rings. The molecule has 0 aliphatic carbocycles. The Labute approximate surface area is 193 Å². The van der Waals surface area contributed by atoms with Crippen molar-refractivity contribution in [2.75, 3.05) is 13.6 Å². The smallest absolute Gasteiger partial charge is 0.331 e. The van der Waals surface area contributed by atoms with E-state index in [1.165, 1.54) is 6.92 Å². The minimum atomic E-state index is -1.02. The average Bonchev–Trinajstić information content (AvgIpc) is 2.73. The number of terminal acetylenes is 1. The van der Waals surface area contributed by atoms with Crippen molar-refractivity contribution >= 4 is 17.8 Å². The number of likely N-dealkylation sites (tertiary alicyclic amines) is 1. The lowest BCUT2D eigenvalue weighted by atomic mass is 9.92. The number of carbonyl (C=O) groups is 3. The van der Waals surface area contributed by atoms with Gasteiger partial charge in [-0.2, -0.15) is 0 Å². The number of carboxylic acid groups (broad SMARTS) is 1. The van der Waals surface area contributed by atoms with E-state index in [9.17, 15) is 19.5 Å². The van der Waals surface area contributed by atoms with Crippen LogP contribution in [-0.4, -0.2) is 69.9 Å². The quantitative estimate of drug-likeness (QED) is 0.419. The highest BCUT2D eigenvalue weighted by Crippen LogP contribution is 2.26. The first kappa shape index (κ1) is 27.7. The number of carbonyl (C=O) groups excluding carboxylic acids is 2. The molecule has 2 N–H and O–H groups in total. The van der Waals surface area contributed by atoms with Gasteiger partial charge in [0.05, 0.1) is 17.6 Å². The molecule has 0 aromatic heterocycles. The first-order chi connectivity index (χ1) is 14.7. The molecule has 3 atom stereocenters. The highest BCUT2D eigenvalue weighted by Gasteiger charge is 2.39. The first-order valence-electron chi connectivity index (χ1n) is 11.5. The molecule has 0 aromatic carbocycles. The molecule has 7 nitrogen and oxygen atoms in total. The van der Waals surface area contributed by atoms with Gasteiger partial charge in [-0.3, -0.25) is 14.5 Å². The molecular weight excluding hydrogens is 406 g/mol. The monoisotopic (exact) mass is 447 g/mol. The maximum Gasteiger partial charge on any atom is 0.331 e. The predicted octanol–water partition coefficient (Wildman–Crippen LogP) is 2.91. The molecule has 0 bridgehead atoms. The SMILES string of the molecule is C#CC(C)(C)N1CCCC[C@@H]1C(=O)N[C@H](C(=O)N(C)[C@H](/C=C(\C)C(=O)O)C(C)C)C(C)C. The Morgan fingerprint density at radius 3 is 2.25 bits per heavy atom. The lowest BCUT2D eigenvalue weighted by molar-refractivity contribution is -0.140. The van der Waals surface area contributed by atoms with Crippen molar-refractivity contribution in [3.63, 3.8) is 0 Å². The van der Waals surface area contributed by atoms with Crippen LogP contribution < -0.4 is 5.32 Å². The molecule has 0 aromatic rings. The summed E-state index contributed by atoms with van der Waals surface area (Å²) < 4.78 is 0. The van der Waals surface area contributed by atoms with Gasteiger partial charge in [-0.25, -0.2) is 4.79 Å². The van der Waals surface area contributed by atoms with Crippen LogP contribution in [0.25, 0.3) is 0 Å². The van der Waals surface area contributed by atoms with Crippen LogP contribution in [0.15, 0.2) is 11.6 Å². The number of piperidine rings is 1. The maximum absolute atomic E-state index is 13.4. The fourth-order valence-corrected chi connectivity index (χ4v) is 4.16. The molecule has 1 saturated heterocycles. The summed E-state index contributed by atoms with van der Waals surface area (Å²) >= 11 is 0. The van der Waals surface area contributed by atoms with Crippen LogP contribution in [0, 0.1) is 24.2 Å². The Balaban J connectivity index is 3.13. The number of carboxylic acids is 1. The molecule has 0 spiro atoms. The van der Waals surface area contributed by atoms with Crippen molar-refractivity contribution in [3.05, 3.63) is 11.6 Å². The van der Waals surface area contributed by atoms with E-state index in [2.05, 4.69) is 11.2 Å². The number of likely N-dealkylation sites (N-methyl/N-ethyl adjacent to an activating group) is 1. The second-order valence-electron chi connectivity index (χ2n) is 9.98. The van der Waals surface area contributed by atoms with Gasteiger partial charge >= 0.3 is 5.97 Å². The van der Waals surface area contributed by atoms with Crippen molar-refractivity contribution in [1.29, 1.82) is 0 Å². The summed E-state index contributed by atoms with van der Waals surface area (Å²) in [6.07, 6.45) is 9.94. The third-order valence-electron chi connectivity index (χ3n) is 6.34. The normalized spacial score (nSPS) is 19.9. The number of hydrogen-bond donors (Lipinski definition) is 2. The van der Waals surface area contributed by atoms with Gasteiger partial charge in [0.1, 0.15) is 6.04 Å². The minimum Gasteiger partial charge on any atom is -0.478 e. The number of nitrogens with zero attached hydrogens (tertiary/aromatic N) is 2. The van der Waals surface area contributed by atoms with E-state index in [0.29, 0.717) is 6.42 Å². The second-order valence-corrected chi connectivity index (χ2v) is 9.98. The van der Waals surface area contributed by atoms with E-state index in [0.717, 1.165) is 19.4 Å². The maximum atomic E-state index is 13.4. The van der Waals surface area contributed by atoms with E-state index in [4.69, 9.17) is 6.42 Å². The summed E-state index contributed by atoms with van der Waals surface area (Å²) in [5, 5.41) is 12.2. The summed E-state index contributed by atoms with van der Waals surface area (Å²) in [5.41, 5.74) is -0.374. The summed E-state index contributed by atoms with van der Waals surface area (Å²) in [4.78, 5) is 41.6. The van der Waals surface area contributed by atoms with Gasteiger partial charge in [-0.1, -0.05) is 46.1 Å². The lowest BCUT2D eigenvalue weighted by Gasteiger charge is -2.43. The Morgan fingerprint density at radius 1 is 1.19 bits per heavy atom. The Bertz CT molecular complexity index is 764. The third kappa shape index (κ3) is 6.83. The van der Waals surface area contributed by atoms with Crippen molar-refractivity contribution in [2.24, 2.45) is 11.8 Å². The van der Waals surface area contributed by atoms with Gasteiger partial charge in [0.15, 0.2) is 0 Å². The van der Waals surface area contributed by atoms with E-state index < -0.39 is 23.6 Å². The van der Waals surface area contributed by atoms with Crippen LogP contribution in [-0.2, 0) is 14.4 Å². The molecule has 1 aliphatic rings. The minimum absolute atomic E-state index is 0.00651. The molecule has 0 unspecified atom stereocenters. The number of nitrogens with one attached hydrogen (secondary N) is 1. The van der Waals surface area contributed by atoms with Gasteiger partial charge in [0, 0.05) is 19.2 Å². The molecule has 0 saturated carbocycles. The topological polar surface area (TPSA) is 90.0 Å². The number of hydrogen-bond acceptors (Lipinski definition) is 4. The second kappa shape index (κ2) is 11.5. The summed E-state index contributed by atoms with van der Waals surface area (Å²) in [5.74, 6) is 1.22. The molecule has 1 heterocycles. The number of amides is 2. The summed E-state index contributed by atoms with van der Waals surface area (Å²) in [6.45, 7) is 13.8. The van der Waals surface area contributed by atoms with E-state index >= 15 is 0 Å². The average molecular weight is 448 g/mol. The molecule has 1 aliphatic heterocycles. The van der Waals surface area contributed by atoms with Crippen molar-refractivity contribution in [2.45, 2.75) is 91.4 Å².